The summed E-state index contributed by atoms with van der Waals surface area (Å²) >= 11 is 0. The fourth-order valence-electron chi connectivity index (χ4n) is 2.00. The van der Waals surface area contributed by atoms with Crippen LogP contribution in [0.2, 0.25) is 0 Å². The van der Waals surface area contributed by atoms with Gasteiger partial charge in [0.05, 0.1) is 18.5 Å². The molecule has 0 aliphatic heterocycles. The van der Waals surface area contributed by atoms with Crippen molar-refractivity contribution in [1.29, 1.82) is 0 Å². The molecule has 0 bridgehead atoms. The molecule has 1 unspecified atom stereocenters. The van der Waals surface area contributed by atoms with Gasteiger partial charge in [0.15, 0.2) is 6.10 Å². The van der Waals surface area contributed by atoms with E-state index in [0.29, 0.717) is 0 Å². The fraction of sp³-hybridized carbons (Fsp3) is 0.842. The average Bonchev–Trinajstić information content (AvgIpc) is 2.61. The van der Waals surface area contributed by atoms with E-state index in [1.807, 2.05) is 0 Å². The Bertz CT molecular complexity index is 702. The van der Waals surface area contributed by atoms with Crippen molar-refractivity contribution in [2.24, 2.45) is 11.3 Å². The molecule has 0 spiro atoms. The van der Waals surface area contributed by atoms with Gasteiger partial charge in [-0.3, -0.25) is 8.98 Å². The molecule has 0 aromatic heterocycles. The van der Waals surface area contributed by atoms with Crippen molar-refractivity contribution in [3.8, 4) is 0 Å². The van der Waals surface area contributed by atoms with Gasteiger partial charge in [-0.15, -0.1) is 0 Å². The maximum absolute atomic E-state index is 12.4. The number of esters is 1. The lowest BCUT2D eigenvalue weighted by atomic mass is 9.87. The van der Waals surface area contributed by atoms with Crippen LogP contribution in [0.5, 0.6) is 0 Å². The summed E-state index contributed by atoms with van der Waals surface area (Å²) in [5.74, 6) is -2.15. The molecule has 0 aliphatic carbocycles. The summed E-state index contributed by atoms with van der Waals surface area (Å²) in [6, 6.07) is 0. The largest absolute Gasteiger partial charge is 0.511 e. The number of hydrogen-bond acceptors (Lipinski definition) is 10. The molecule has 0 saturated carbocycles. The second kappa shape index (κ2) is 12.8. The first-order valence-electron chi connectivity index (χ1n) is 9.94. The molecule has 0 aromatic rings. The minimum absolute atomic E-state index is 0.146. The standard InChI is InChI=1S/C19H35NO10S/c1-12(2)17(30-18(24)28-13(3)4)29-16(23)15(22)19(6,7)11-27-31(25,26)10-8-9-20-14(5)21/h12-13,15,17,22H,8-11H2,1-7H3,(H,20,21)/t15-,17?/m0/s1. The number of nitrogens with one attached hydrogen (secondary N) is 1. The highest BCUT2D eigenvalue weighted by molar-refractivity contribution is 7.86. The third kappa shape index (κ3) is 12.5. The normalized spacial score (nSPS) is 14.1. The van der Waals surface area contributed by atoms with E-state index < -0.39 is 58.7 Å². The lowest BCUT2D eigenvalue weighted by Gasteiger charge is -2.30. The second-order valence-corrected chi connectivity index (χ2v) is 10.1. The number of carbonyl (C=O) groups excluding carboxylic acids is 3. The van der Waals surface area contributed by atoms with E-state index in [2.05, 4.69) is 5.32 Å². The Kier molecular flexibility index (Phi) is 12.0. The molecule has 0 rings (SSSR count). The second-order valence-electron chi connectivity index (χ2n) is 8.34. The van der Waals surface area contributed by atoms with E-state index in [4.69, 9.17) is 18.4 Å². The Balaban J connectivity index is 4.84. The first-order valence-corrected chi connectivity index (χ1v) is 11.5. The molecule has 11 nitrogen and oxygen atoms in total. The Hall–Kier alpha value is -1.92. The number of amides is 1. The van der Waals surface area contributed by atoms with E-state index in [1.165, 1.54) is 20.8 Å². The molecule has 2 atom stereocenters. The van der Waals surface area contributed by atoms with Crippen LogP contribution in [-0.2, 0) is 38.1 Å². The van der Waals surface area contributed by atoms with Crippen LogP contribution in [-0.4, -0.2) is 69.0 Å². The molecule has 182 valence electrons. The number of aliphatic hydroxyl groups is 1. The quantitative estimate of drug-likeness (QED) is 0.175. The average molecular weight is 470 g/mol. The van der Waals surface area contributed by atoms with Gasteiger partial charge in [0, 0.05) is 24.8 Å². The maximum atomic E-state index is 12.4. The first kappa shape index (κ1) is 29.1. The molecule has 0 saturated heterocycles. The van der Waals surface area contributed by atoms with E-state index in [1.54, 1.807) is 27.7 Å². The van der Waals surface area contributed by atoms with Crippen LogP contribution in [0.3, 0.4) is 0 Å². The summed E-state index contributed by atoms with van der Waals surface area (Å²) in [5.41, 5.74) is -1.33. The summed E-state index contributed by atoms with van der Waals surface area (Å²) in [7, 11) is -3.94. The molecule has 0 aliphatic rings. The number of hydrogen-bond donors (Lipinski definition) is 2. The van der Waals surface area contributed by atoms with Crippen LogP contribution < -0.4 is 5.32 Å². The van der Waals surface area contributed by atoms with E-state index >= 15 is 0 Å². The van der Waals surface area contributed by atoms with Crippen LogP contribution in [0.1, 0.15) is 54.9 Å². The Labute approximate surface area is 183 Å². The predicted octanol–water partition coefficient (Wildman–Crippen LogP) is 1.33. The smallest absolute Gasteiger partial charge is 0.431 e. The summed E-state index contributed by atoms with van der Waals surface area (Å²) in [6.07, 6.45) is -4.37. The predicted molar refractivity (Wildman–Crippen MR) is 110 cm³/mol. The molecular formula is C19H35NO10S. The molecule has 0 radical (unpaired) electrons. The van der Waals surface area contributed by atoms with Crippen LogP contribution in [0, 0.1) is 11.3 Å². The highest BCUT2D eigenvalue weighted by Gasteiger charge is 2.38. The summed E-state index contributed by atoms with van der Waals surface area (Å²) in [4.78, 5) is 34.8. The van der Waals surface area contributed by atoms with Gasteiger partial charge in [-0.2, -0.15) is 8.42 Å². The first-order chi connectivity index (χ1) is 14.1. The van der Waals surface area contributed by atoms with Gasteiger partial charge in [-0.05, 0) is 20.3 Å². The molecule has 0 aromatic carbocycles. The van der Waals surface area contributed by atoms with Gasteiger partial charge in [-0.25, -0.2) is 9.59 Å². The third-order valence-electron chi connectivity index (χ3n) is 3.84. The van der Waals surface area contributed by atoms with Crippen LogP contribution in [0.25, 0.3) is 0 Å². The van der Waals surface area contributed by atoms with Crippen LogP contribution in [0.4, 0.5) is 4.79 Å². The number of ether oxygens (including phenoxy) is 3. The Morgan fingerprint density at radius 2 is 1.61 bits per heavy atom. The Morgan fingerprint density at radius 1 is 1.03 bits per heavy atom. The zero-order valence-electron chi connectivity index (χ0n) is 19.2. The lowest BCUT2D eigenvalue weighted by Crippen LogP contribution is -2.44. The summed E-state index contributed by atoms with van der Waals surface area (Å²) in [6.45, 7) is 10.4. The van der Waals surface area contributed by atoms with E-state index in [-0.39, 0.29) is 24.6 Å². The molecule has 1 amide bonds. The maximum Gasteiger partial charge on any atom is 0.511 e. The van der Waals surface area contributed by atoms with Crippen molar-refractivity contribution in [1.82, 2.24) is 5.32 Å². The zero-order chi connectivity index (χ0) is 24.4. The van der Waals surface area contributed by atoms with Crippen molar-refractivity contribution in [3.63, 3.8) is 0 Å². The molecule has 0 fully saturated rings. The van der Waals surface area contributed by atoms with Crippen LogP contribution in [0.15, 0.2) is 0 Å². The van der Waals surface area contributed by atoms with Gasteiger partial charge >= 0.3 is 12.1 Å². The summed E-state index contributed by atoms with van der Waals surface area (Å²) in [5, 5.41) is 12.8. The van der Waals surface area contributed by atoms with Crippen LogP contribution >= 0.6 is 0 Å². The van der Waals surface area contributed by atoms with Crippen molar-refractivity contribution in [3.05, 3.63) is 0 Å². The molecule has 0 heterocycles. The topological polar surface area (TPSA) is 155 Å². The van der Waals surface area contributed by atoms with Gasteiger partial charge < -0.3 is 24.6 Å². The van der Waals surface area contributed by atoms with Gasteiger partial charge in [-0.1, -0.05) is 27.7 Å². The van der Waals surface area contributed by atoms with Crippen molar-refractivity contribution in [2.75, 3.05) is 18.9 Å². The fourth-order valence-corrected chi connectivity index (χ4v) is 3.10. The Morgan fingerprint density at radius 3 is 2.10 bits per heavy atom. The SMILES string of the molecule is CC(=O)NCCCS(=O)(=O)OCC(C)(C)[C@@H](O)C(=O)OC(OC(=O)OC(C)C)C(C)C. The third-order valence-corrected chi connectivity index (χ3v) is 5.11. The lowest BCUT2D eigenvalue weighted by molar-refractivity contribution is -0.195. The highest BCUT2D eigenvalue weighted by atomic mass is 32.2. The molecule has 31 heavy (non-hydrogen) atoms. The van der Waals surface area contributed by atoms with Gasteiger partial charge in [0.2, 0.25) is 5.91 Å². The number of carbonyl (C=O) groups is 3. The minimum Gasteiger partial charge on any atom is -0.431 e. The minimum atomic E-state index is -3.94. The van der Waals surface area contributed by atoms with Gasteiger partial charge in [0.25, 0.3) is 16.4 Å². The molecular weight excluding hydrogens is 434 g/mol. The molecule has 12 heteroatoms. The van der Waals surface area contributed by atoms with Crippen molar-refractivity contribution in [2.45, 2.75) is 73.4 Å². The van der Waals surface area contributed by atoms with E-state index in [9.17, 15) is 27.9 Å². The zero-order valence-corrected chi connectivity index (χ0v) is 20.0. The van der Waals surface area contributed by atoms with E-state index in [0.717, 1.165) is 0 Å². The number of aliphatic hydroxyl groups excluding tert-OH is 1. The van der Waals surface area contributed by atoms with Crippen molar-refractivity contribution >= 4 is 28.1 Å². The number of rotatable bonds is 13. The highest BCUT2D eigenvalue weighted by Crippen LogP contribution is 2.24. The monoisotopic (exact) mass is 469 g/mol. The summed E-state index contributed by atoms with van der Waals surface area (Å²) < 4.78 is 43.8. The van der Waals surface area contributed by atoms with Gasteiger partial charge in [0.1, 0.15) is 0 Å². The van der Waals surface area contributed by atoms with Crippen molar-refractivity contribution < 1.29 is 46.3 Å². The molecule has 2 N–H and O–H groups in total.